The molecule has 0 saturated heterocycles. The summed E-state index contributed by atoms with van der Waals surface area (Å²) in [5.41, 5.74) is 2.16. The highest BCUT2D eigenvalue weighted by molar-refractivity contribution is 7.07. The molecule has 7 nitrogen and oxygen atoms in total. The second kappa shape index (κ2) is 7.56. The van der Waals surface area contributed by atoms with Gasteiger partial charge in [-0.05, 0) is 36.8 Å². The maximum Gasteiger partial charge on any atom is 0.338 e. The highest BCUT2D eigenvalue weighted by Gasteiger charge is 2.33. The van der Waals surface area contributed by atoms with Crippen LogP contribution in [-0.4, -0.2) is 24.8 Å². The zero-order chi connectivity index (χ0) is 20.5. The summed E-state index contributed by atoms with van der Waals surface area (Å²) in [6.45, 7) is 1.75. The number of nitrogens with zero attached hydrogens (tertiary/aromatic N) is 2. The van der Waals surface area contributed by atoms with Crippen molar-refractivity contribution in [2.75, 3.05) is 14.2 Å². The second-order valence-corrected chi connectivity index (χ2v) is 7.41. The molecule has 2 aromatic heterocycles. The molecular formula is C21H18N2O5S. The fraction of sp³-hybridized carbons (Fsp3) is 0.190. The van der Waals surface area contributed by atoms with E-state index in [1.54, 1.807) is 50.8 Å². The predicted molar refractivity (Wildman–Crippen MR) is 107 cm³/mol. The molecule has 1 unspecified atom stereocenters. The van der Waals surface area contributed by atoms with Crippen LogP contribution in [0.4, 0.5) is 0 Å². The number of methoxy groups -OCH3 is 2. The van der Waals surface area contributed by atoms with Gasteiger partial charge < -0.3 is 13.9 Å². The van der Waals surface area contributed by atoms with Crippen LogP contribution in [0.3, 0.4) is 0 Å². The van der Waals surface area contributed by atoms with E-state index < -0.39 is 12.0 Å². The van der Waals surface area contributed by atoms with Gasteiger partial charge in [0.25, 0.3) is 5.56 Å². The Bertz CT molecular complexity index is 1260. The van der Waals surface area contributed by atoms with Crippen LogP contribution in [0.15, 0.2) is 68.3 Å². The van der Waals surface area contributed by atoms with Crippen molar-refractivity contribution in [3.8, 4) is 5.75 Å². The average molecular weight is 410 g/mol. The average Bonchev–Trinajstić information content (AvgIpc) is 3.35. The zero-order valence-corrected chi connectivity index (χ0v) is 16.9. The summed E-state index contributed by atoms with van der Waals surface area (Å²) in [4.78, 5) is 30.9. The Morgan fingerprint density at radius 2 is 2.00 bits per heavy atom. The van der Waals surface area contributed by atoms with Crippen LogP contribution in [0, 0.1) is 0 Å². The largest absolute Gasteiger partial charge is 0.497 e. The minimum Gasteiger partial charge on any atom is -0.497 e. The number of hydrogen-bond donors (Lipinski definition) is 0. The van der Waals surface area contributed by atoms with E-state index in [-0.39, 0.29) is 5.56 Å². The Balaban J connectivity index is 1.97. The van der Waals surface area contributed by atoms with Crippen LogP contribution in [-0.2, 0) is 9.53 Å². The van der Waals surface area contributed by atoms with Gasteiger partial charge in [-0.1, -0.05) is 23.5 Å². The standard InChI is InChI=1S/C21H18N2O5S/c1-12-17(20(25)27-3)18(14-4-6-15(26-2)7-5-14)23-19(24)16(29-21(23)22-12)10-13-8-9-28-11-13/h4-11,18H,1-3H3. The Morgan fingerprint density at radius 1 is 1.24 bits per heavy atom. The van der Waals surface area contributed by atoms with Crippen LogP contribution in [0.2, 0.25) is 0 Å². The maximum atomic E-state index is 13.3. The van der Waals surface area contributed by atoms with Gasteiger partial charge in [0.2, 0.25) is 0 Å². The number of allylic oxidation sites excluding steroid dienone is 1. The molecule has 1 aromatic carbocycles. The fourth-order valence-corrected chi connectivity index (χ4v) is 4.35. The summed E-state index contributed by atoms with van der Waals surface area (Å²) in [6.07, 6.45) is 4.85. The molecule has 0 N–H and O–H groups in total. The highest BCUT2D eigenvalue weighted by Crippen LogP contribution is 2.31. The van der Waals surface area contributed by atoms with Crippen molar-refractivity contribution in [2.45, 2.75) is 13.0 Å². The van der Waals surface area contributed by atoms with Gasteiger partial charge in [0.05, 0.1) is 48.6 Å². The first kappa shape index (κ1) is 18.9. The van der Waals surface area contributed by atoms with Gasteiger partial charge in [0.15, 0.2) is 4.80 Å². The SMILES string of the molecule is COC(=O)C1=C(C)N=c2sc(=Cc3ccoc3)c(=O)n2C1c1ccc(OC)cc1. The molecule has 29 heavy (non-hydrogen) atoms. The summed E-state index contributed by atoms with van der Waals surface area (Å²) in [5, 5.41) is 0. The van der Waals surface area contributed by atoms with Gasteiger partial charge in [-0.15, -0.1) is 0 Å². The molecule has 8 heteroatoms. The summed E-state index contributed by atoms with van der Waals surface area (Å²) >= 11 is 1.27. The quantitative estimate of drug-likeness (QED) is 0.615. The third kappa shape index (κ3) is 3.31. The Kier molecular flexibility index (Phi) is 4.94. The van der Waals surface area contributed by atoms with E-state index in [9.17, 15) is 9.59 Å². The van der Waals surface area contributed by atoms with Crippen molar-refractivity contribution in [1.29, 1.82) is 0 Å². The van der Waals surface area contributed by atoms with Gasteiger partial charge in [-0.25, -0.2) is 9.79 Å². The maximum absolute atomic E-state index is 13.3. The third-order valence-corrected chi connectivity index (χ3v) is 5.68. The van der Waals surface area contributed by atoms with Gasteiger partial charge >= 0.3 is 5.97 Å². The van der Waals surface area contributed by atoms with E-state index in [0.29, 0.717) is 26.4 Å². The van der Waals surface area contributed by atoms with E-state index in [4.69, 9.17) is 13.9 Å². The van der Waals surface area contributed by atoms with Gasteiger partial charge in [-0.2, -0.15) is 0 Å². The van der Waals surface area contributed by atoms with Crippen molar-refractivity contribution in [3.05, 3.63) is 84.9 Å². The van der Waals surface area contributed by atoms with Crippen molar-refractivity contribution >= 4 is 23.4 Å². The summed E-state index contributed by atoms with van der Waals surface area (Å²) < 4.78 is 17.3. The Labute approximate surface area is 169 Å². The lowest BCUT2D eigenvalue weighted by Crippen LogP contribution is -2.39. The molecular weight excluding hydrogens is 392 g/mol. The first-order chi connectivity index (χ1) is 14.0. The number of hydrogen-bond acceptors (Lipinski definition) is 7. The molecule has 0 radical (unpaired) electrons. The van der Waals surface area contributed by atoms with E-state index in [0.717, 1.165) is 11.1 Å². The lowest BCUT2D eigenvalue weighted by Gasteiger charge is -2.24. The second-order valence-electron chi connectivity index (χ2n) is 6.40. The van der Waals surface area contributed by atoms with Crippen molar-refractivity contribution in [1.82, 2.24) is 4.57 Å². The first-order valence-electron chi connectivity index (χ1n) is 8.80. The van der Waals surface area contributed by atoms with Crippen LogP contribution in [0.25, 0.3) is 6.08 Å². The normalized spacial score (nSPS) is 16.4. The number of benzene rings is 1. The van der Waals surface area contributed by atoms with Crippen LogP contribution < -0.4 is 19.6 Å². The molecule has 0 fully saturated rings. The van der Waals surface area contributed by atoms with Crippen molar-refractivity contribution < 1.29 is 18.7 Å². The Morgan fingerprint density at radius 3 is 2.62 bits per heavy atom. The molecule has 0 spiro atoms. The predicted octanol–water partition coefficient (Wildman–Crippen LogP) is 2.01. The molecule has 3 aromatic rings. The van der Waals surface area contributed by atoms with Crippen LogP contribution in [0.1, 0.15) is 24.1 Å². The monoisotopic (exact) mass is 410 g/mol. The van der Waals surface area contributed by atoms with Gasteiger partial charge in [0, 0.05) is 5.56 Å². The molecule has 148 valence electrons. The molecule has 1 aliphatic rings. The van der Waals surface area contributed by atoms with E-state index in [1.165, 1.54) is 23.0 Å². The number of fused-ring (bicyclic) bond motifs is 1. The van der Waals surface area contributed by atoms with E-state index >= 15 is 0 Å². The lowest BCUT2D eigenvalue weighted by molar-refractivity contribution is -0.136. The van der Waals surface area contributed by atoms with Crippen LogP contribution in [0.5, 0.6) is 5.75 Å². The molecule has 0 bridgehead atoms. The Hall–Kier alpha value is -3.39. The number of carbonyl (C=O) groups excluding carboxylic acids is 1. The number of carbonyl (C=O) groups is 1. The topological polar surface area (TPSA) is 83.0 Å². The number of aromatic nitrogens is 1. The third-order valence-electron chi connectivity index (χ3n) is 4.70. The fourth-order valence-electron chi connectivity index (χ4n) is 3.30. The summed E-state index contributed by atoms with van der Waals surface area (Å²) in [6, 6.07) is 8.37. The van der Waals surface area contributed by atoms with Crippen LogP contribution >= 0.6 is 11.3 Å². The minimum atomic E-state index is -0.642. The minimum absolute atomic E-state index is 0.232. The molecule has 3 heterocycles. The van der Waals surface area contributed by atoms with Gasteiger partial charge in [0.1, 0.15) is 5.75 Å². The van der Waals surface area contributed by atoms with E-state index in [2.05, 4.69) is 4.99 Å². The molecule has 1 aliphatic heterocycles. The molecule has 0 aliphatic carbocycles. The zero-order valence-electron chi connectivity index (χ0n) is 16.0. The lowest BCUT2D eigenvalue weighted by atomic mass is 9.96. The number of esters is 1. The molecule has 0 saturated carbocycles. The first-order valence-corrected chi connectivity index (χ1v) is 9.62. The smallest absolute Gasteiger partial charge is 0.338 e. The molecule has 1 atom stereocenters. The number of rotatable bonds is 4. The summed E-state index contributed by atoms with van der Waals surface area (Å²) in [7, 11) is 2.90. The van der Waals surface area contributed by atoms with Crippen molar-refractivity contribution in [2.24, 2.45) is 4.99 Å². The van der Waals surface area contributed by atoms with Crippen molar-refractivity contribution in [3.63, 3.8) is 0 Å². The number of ether oxygens (including phenoxy) is 2. The van der Waals surface area contributed by atoms with Gasteiger partial charge in [-0.3, -0.25) is 9.36 Å². The van der Waals surface area contributed by atoms with E-state index in [1.807, 2.05) is 12.1 Å². The summed E-state index contributed by atoms with van der Waals surface area (Å²) in [5.74, 6) is 0.164. The molecule has 4 rings (SSSR count). The molecule has 0 amide bonds. The number of thiazole rings is 1. The number of furan rings is 1. The highest BCUT2D eigenvalue weighted by atomic mass is 32.1.